The summed E-state index contributed by atoms with van der Waals surface area (Å²) < 4.78 is 27.7. The Labute approximate surface area is 167 Å². The number of hydrogen-bond donors (Lipinski definition) is 0. The summed E-state index contributed by atoms with van der Waals surface area (Å²) in [6, 6.07) is 7.22. The van der Waals surface area contributed by atoms with Gasteiger partial charge in [0.05, 0.1) is 32.2 Å². The topological polar surface area (TPSA) is 101 Å². The van der Waals surface area contributed by atoms with Crippen LogP contribution in [0.15, 0.2) is 33.7 Å². The summed E-state index contributed by atoms with van der Waals surface area (Å²) in [7, 11) is 0. The maximum Gasteiger partial charge on any atom is 0.410 e. The van der Waals surface area contributed by atoms with E-state index in [1.807, 2.05) is 32.9 Å². The van der Waals surface area contributed by atoms with E-state index in [4.69, 9.17) is 14.0 Å². The van der Waals surface area contributed by atoms with Gasteiger partial charge in [-0.15, -0.1) is 0 Å². The molecule has 28 heavy (non-hydrogen) atoms. The van der Waals surface area contributed by atoms with Crippen LogP contribution in [0.25, 0.3) is 11.4 Å². The minimum atomic E-state index is -1.02. The molecule has 1 aliphatic heterocycles. The number of nitrogens with zero attached hydrogens (tertiary/aromatic N) is 3. The number of benzene rings is 1. The number of ether oxygens (including phenoxy) is 2. The molecular formula is C19H25N3O5S. The van der Waals surface area contributed by atoms with Gasteiger partial charge in [-0.05, 0) is 56.2 Å². The lowest BCUT2D eigenvalue weighted by molar-refractivity contribution is -0.0630. The van der Waals surface area contributed by atoms with Crippen molar-refractivity contribution in [1.29, 1.82) is 0 Å². The number of amides is 1. The molecule has 1 amide bonds. The molecule has 0 N–H and O–H groups in total. The molecule has 1 aromatic heterocycles. The van der Waals surface area contributed by atoms with Crippen LogP contribution in [-0.2, 0) is 27.1 Å². The van der Waals surface area contributed by atoms with Crippen molar-refractivity contribution < 1.29 is 23.3 Å². The van der Waals surface area contributed by atoms with Crippen LogP contribution in [0.4, 0.5) is 4.79 Å². The van der Waals surface area contributed by atoms with Crippen molar-refractivity contribution in [1.82, 2.24) is 15.0 Å². The van der Waals surface area contributed by atoms with E-state index < -0.39 is 16.8 Å². The lowest BCUT2D eigenvalue weighted by atomic mass is 10.1. The van der Waals surface area contributed by atoms with Crippen LogP contribution in [0.2, 0.25) is 0 Å². The molecule has 1 fully saturated rings. The Morgan fingerprint density at radius 3 is 2.61 bits per heavy atom. The van der Waals surface area contributed by atoms with E-state index >= 15 is 0 Å². The van der Waals surface area contributed by atoms with E-state index in [1.54, 1.807) is 23.3 Å². The zero-order chi connectivity index (χ0) is 20.3. The van der Waals surface area contributed by atoms with E-state index in [0.29, 0.717) is 37.8 Å². The SMILES string of the molecule is C[S+]([O-])c1ccc(-c2noc(CCOC3CN(C(=O)OC(C)(C)C)C3)n2)cc1. The summed E-state index contributed by atoms with van der Waals surface area (Å²) in [4.78, 5) is 18.6. The minimum Gasteiger partial charge on any atom is -0.612 e. The molecule has 152 valence electrons. The maximum absolute atomic E-state index is 11.9. The van der Waals surface area contributed by atoms with Crippen molar-refractivity contribution in [3.8, 4) is 11.4 Å². The number of carbonyl (C=O) groups excluding carboxylic acids is 1. The van der Waals surface area contributed by atoms with Crippen molar-refractivity contribution in [3.63, 3.8) is 0 Å². The van der Waals surface area contributed by atoms with E-state index in [0.717, 1.165) is 10.5 Å². The Hall–Kier alpha value is -2.10. The van der Waals surface area contributed by atoms with Gasteiger partial charge in [0.15, 0.2) is 4.90 Å². The molecule has 0 bridgehead atoms. The molecule has 3 rings (SSSR count). The van der Waals surface area contributed by atoms with Gasteiger partial charge in [0.2, 0.25) is 11.7 Å². The third kappa shape index (κ3) is 5.46. The van der Waals surface area contributed by atoms with Crippen molar-refractivity contribution in [3.05, 3.63) is 30.2 Å². The zero-order valence-electron chi connectivity index (χ0n) is 16.5. The van der Waals surface area contributed by atoms with Gasteiger partial charge in [0.1, 0.15) is 11.9 Å². The van der Waals surface area contributed by atoms with Crippen molar-refractivity contribution in [2.45, 2.75) is 43.8 Å². The van der Waals surface area contributed by atoms with Crippen molar-refractivity contribution >= 4 is 17.3 Å². The lowest BCUT2D eigenvalue weighted by Gasteiger charge is -2.39. The Kier molecular flexibility index (Phi) is 6.26. The first kappa shape index (κ1) is 20.6. The smallest absolute Gasteiger partial charge is 0.410 e. The van der Waals surface area contributed by atoms with E-state index in [2.05, 4.69) is 10.1 Å². The molecule has 1 unspecified atom stereocenters. The first-order valence-electron chi connectivity index (χ1n) is 9.07. The van der Waals surface area contributed by atoms with Crippen LogP contribution in [0, 0.1) is 0 Å². The van der Waals surface area contributed by atoms with Crippen LogP contribution in [0.3, 0.4) is 0 Å². The second-order valence-corrected chi connectivity index (χ2v) is 9.00. The highest BCUT2D eigenvalue weighted by Gasteiger charge is 2.34. The fraction of sp³-hybridized carbons (Fsp3) is 0.526. The van der Waals surface area contributed by atoms with Crippen LogP contribution in [-0.4, -0.2) is 63.3 Å². The molecule has 0 spiro atoms. The Balaban J connectivity index is 1.40. The van der Waals surface area contributed by atoms with Crippen molar-refractivity contribution in [2.24, 2.45) is 0 Å². The number of carbonyl (C=O) groups is 1. The third-order valence-electron chi connectivity index (χ3n) is 4.08. The summed E-state index contributed by atoms with van der Waals surface area (Å²) >= 11 is -1.02. The summed E-state index contributed by atoms with van der Waals surface area (Å²) in [5.41, 5.74) is 0.309. The third-order valence-corrected chi connectivity index (χ3v) is 5.02. The number of rotatable bonds is 6. The standard InChI is InChI=1S/C19H25N3O5S/c1-19(2,3)26-18(23)22-11-14(12-22)25-10-9-16-20-17(21-27-16)13-5-7-15(8-6-13)28(4)24/h5-8,14H,9-12H2,1-4H3. The first-order valence-corrected chi connectivity index (χ1v) is 10.6. The summed E-state index contributed by atoms with van der Waals surface area (Å²) in [5, 5.41) is 3.98. The van der Waals surface area contributed by atoms with Gasteiger partial charge in [-0.2, -0.15) is 4.98 Å². The lowest BCUT2D eigenvalue weighted by Crippen LogP contribution is -2.56. The van der Waals surface area contributed by atoms with Gasteiger partial charge in [-0.1, -0.05) is 5.16 Å². The van der Waals surface area contributed by atoms with Gasteiger partial charge < -0.3 is 23.4 Å². The Morgan fingerprint density at radius 2 is 2.00 bits per heavy atom. The molecule has 1 aromatic carbocycles. The highest BCUT2D eigenvalue weighted by molar-refractivity contribution is 7.90. The zero-order valence-corrected chi connectivity index (χ0v) is 17.3. The van der Waals surface area contributed by atoms with Gasteiger partial charge in [0, 0.05) is 5.56 Å². The second kappa shape index (κ2) is 8.50. The predicted octanol–water partition coefficient (Wildman–Crippen LogP) is 2.65. The Morgan fingerprint density at radius 1 is 1.32 bits per heavy atom. The fourth-order valence-corrected chi connectivity index (χ4v) is 3.12. The summed E-state index contributed by atoms with van der Waals surface area (Å²) in [5.74, 6) is 0.977. The van der Waals surface area contributed by atoms with Gasteiger partial charge in [-0.3, -0.25) is 0 Å². The van der Waals surface area contributed by atoms with Crippen molar-refractivity contribution in [2.75, 3.05) is 26.0 Å². The van der Waals surface area contributed by atoms with Crippen LogP contribution >= 0.6 is 0 Å². The van der Waals surface area contributed by atoms with E-state index in [9.17, 15) is 9.35 Å². The molecule has 8 nitrogen and oxygen atoms in total. The van der Waals surface area contributed by atoms with E-state index in [1.165, 1.54) is 0 Å². The first-order chi connectivity index (χ1) is 13.2. The molecule has 0 aliphatic carbocycles. The highest BCUT2D eigenvalue weighted by atomic mass is 32.2. The molecule has 9 heteroatoms. The summed E-state index contributed by atoms with van der Waals surface area (Å²) in [6.07, 6.45) is 1.81. The average Bonchev–Trinajstić information content (AvgIpc) is 3.04. The molecule has 0 saturated carbocycles. The highest BCUT2D eigenvalue weighted by Crippen LogP contribution is 2.20. The molecule has 1 saturated heterocycles. The fourth-order valence-electron chi connectivity index (χ4n) is 2.60. The summed E-state index contributed by atoms with van der Waals surface area (Å²) in [6.45, 7) is 7.01. The van der Waals surface area contributed by atoms with Gasteiger partial charge >= 0.3 is 6.09 Å². The quantitative estimate of drug-likeness (QED) is 0.679. The van der Waals surface area contributed by atoms with Gasteiger partial charge in [-0.25, -0.2) is 4.79 Å². The molecule has 2 heterocycles. The van der Waals surface area contributed by atoms with Crippen LogP contribution in [0.5, 0.6) is 0 Å². The molecular weight excluding hydrogens is 382 g/mol. The average molecular weight is 407 g/mol. The predicted molar refractivity (Wildman–Crippen MR) is 103 cm³/mol. The number of hydrogen-bond acceptors (Lipinski definition) is 7. The van der Waals surface area contributed by atoms with Crippen LogP contribution in [0.1, 0.15) is 26.7 Å². The Bertz CT molecular complexity index is 795. The normalized spacial score (nSPS) is 16.0. The molecule has 0 radical (unpaired) electrons. The monoisotopic (exact) mass is 407 g/mol. The number of aromatic nitrogens is 2. The molecule has 2 aromatic rings. The van der Waals surface area contributed by atoms with E-state index in [-0.39, 0.29) is 12.2 Å². The minimum absolute atomic E-state index is 0.00244. The number of likely N-dealkylation sites (tertiary alicyclic amines) is 1. The van der Waals surface area contributed by atoms with Crippen LogP contribution < -0.4 is 0 Å². The molecule has 1 aliphatic rings. The molecule has 1 atom stereocenters. The second-order valence-electron chi connectivity index (χ2n) is 7.62. The maximum atomic E-state index is 11.9. The van der Waals surface area contributed by atoms with Gasteiger partial charge in [0.25, 0.3) is 0 Å². The largest absolute Gasteiger partial charge is 0.612 e.